The lowest BCUT2D eigenvalue weighted by Gasteiger charge is -2.25. The van der Waals surface area contributed by atoms with Gasteiger partial charge in [-0.15, -0.1) is 0 Å². The van der Waals surface area contributed by atoms with Crippen LogP contribution < -0.4 is 5.32 Å². The molecule has 1 fully saturated rings. The minimum Gasteiger partial charge on any atom is -0.481 e. The van der Waals surface area contributed by atoms with Crippen molar-refractivity contribution in [2.45, 2.75) is 31.8 Å². The van der Waals surface area contributed by atoms with E-state index in [1.165, 1.54) is 19.8 Å². The molecule has 0 aromatic heterocycles. The van der Waals surface area contributed by atoms with Crippen molar-refractivity contribution < 1.29 is 19.8 Å². The fourth-order valence-corrected chi connectivity index (χ4v) is 2.19. The summed E-state index contributed by atoms with van der Waals surface area (Å²) < 4.78 is 0. The van der Waals surface area contributed by atoms with Gasteiger partial charge in [0.05, 0.1) is 12.0 Å². The highest BCUT2D eigenvalue weighted by Crippen LogP contribution is 2.08. The van der Waals surface area contributed by atoms with E-state index in [1.54, 1.807) is 11.9 Å². The van der Waals surface area contributed by atoms with Crippen LogP contribution in [0.5, 0.6) is 0 Å². The summed E-state index contributed by atoms with van der Waals surface area (Å²) in [6, 6.07) is -0.296. The van der Waals surface area contributed by atoms with E-state index in [0.717, 1.165) is 19.6 Å². The van der Waals surface area contributed by atoms with Crippen LogP contribution in [0.15, 0.2) is 0 Å². The minimum atomic E-state index is -1.43. The maximum absolute atomic E-state index is 11.8. The highest BCUT2D eigenvalue weighted by Gasteiger charge is 2.25. The number of carbonyl (C=O) groups is 2. The summed E-state index contributed by atoms with van der Waals surface area (Å²) in [5.74, 6) is -1.09. The molecule has 0 radical (unpaired) electrons. The summed E-state index contributed by atoms with van der Waals surface area (Å²) in [4.78, 5) is 26.2. The molecule has 0 aromatic carbocycles. The lowest BCUT2D eigenvalue weighted by atomic mass is 10.0. The fourth-order valence-electron chi connectivity index (χ4n) is 2.19. The van der Waals surface area contributed by atoms with Crippen LogP contribution in [0, 0.1) is 0 Å². The molecule has 1 saturated heterocycles. The third-order valence-electron chi connectivity index (χ3n) is 3.45. The molecule has 0 aliphatic carbocycles. The van der Waals surface area contributed by atoms with Crippen molar-refractivity contribution in [3.8, 4) is 0 Å². The maximum Gasteiger partial charge on any atom is 0.317 e. The summed E-state index contributed by atoms with van der Waals surface area (Å²) in [5.41, 5.74) is -1.43. The summed E-state index contributed by atoms with van der Waals surface area (Å²) >= 11 is 0. The summed E-state index contributed by atoms with van der Waals surface area (Å²) in [7, 11) is 1.69. The first-order valence-electron chi connectivity index (χ1n) is 6.96. The largest absolute Gasteiger partial charge is 0.481 e. The minimum absolute atomic E-state index is 0.0772. The quantitative estimate of drug-likeness (QED) is 0.610. The molecule has 1 unspecified atom stereocenters. The standard InChI is InChI=1S/C13H25N3O4/c1-13(20,9-11(17)18)10-14-12(19)15(2)7-8-16-5-3-4-6-16/h20H,3-10H2,1-2H3,(H,14,19)(H,17,18). The second kappa shape index (κ2) is 7.44. The van der Waals surface area contributed by atoms with E-state index in [4.69, 9.17) is 5.11 Å². The molecule has 1 aliphatic heterocycles. The van der Waals surface area contributed by atoms with Crippen molar-refractivity contribution in [3.63, 3.8) is 0 Å². The first-order valence-corrected chi connectivity index (χ1v) is 6.96. The van der Waals surface area contributed by atoms with Gasteiger partial charge in [0, 0.05) is 26.7 Å². The highest BCUT2D eigenvalue weighted by atomic mass is 16.4. The van der Waals surface area contributed by atoms with Gasteiger partial charge in [-0.25, -0.2) is 4.79 Å². The van der Waals surface area contributed by atoms with Crippen molar-refractivity contribution in [2.24, 2.45) is 0 Å². The zero-order chi connectivity index (χ0) is 15.2. The summed E-state index contributed by atoms with van der Waals surface area (Å²) in [5, 5.41) is 21.0. The van der Waals surface area contributed by atoms with Gasteiger partial charge in [-0.05, 0) is 32.9 Å². The van der Waals surface area contributed by atoms with E-state index < -0.39 is 18.0 Å². The van der Waals surface area contributed by atoms with Crippen LogP contribution in [0.4, 0.5) is 4.79 Å². The van der Waals surface area contributed by atoms with Gasteiger partial charge in [0.15, 0.2) is 0 Å². The summed E-state index contributed by atoms with van der Waals surface area (Å²) in [6.45, 7) is 4.95. The Bertz CT molecular complexity index is 341. The smallest absolute Gasteiger partial charge is 0.317 e. The Hall–Kier alpha value is -1.34. The van der Waals surface area contributed by atoms with Crippen LogP contribution in [0.3, 0.4) is 0 Å². The first kappa shape index (κ1) is 16.7. The topological polar surface area (TPSA) is 93.1 Å². The van der Waals surface area contributed by atoms with Crippen molar-refractivity contribution in [1.29, 1.82) is 0 Å². The first-order chi connectivity index (χ1) is 9.30. The Labute approximate surface area is 119 Å². The number of carboxylic acids is 1. The molecule has 3 N–H and O–H groups in total. The van der Waals surface area contributed by atoms with Gasteiger partial charge in [-0.3, -0.25) is 4.79 Å². The highest BCUT2D eigenvalue weighted by molar-refractivity contribution is 5.74. The summed E-state index contributed by atoms with van der Waals surface area (Å²) in [6.07, 6.45) is 2.03. The van der Waals surface area contributed by atoms with E-state index in [0.29, 0.717) is 6.54 Å². The van der Waals surface area contributed by atoms with Crippen LogP contribution >= 0.6 is 0 Å². The van der Waals surface area contributed by atoms with Gasteiger partial charge >= 0.3 is 12.0 Å². The number of nitrogens with zero attached hydrogens (tertiary/aromatic N) is 2. The Morgan fingerprint density at radius 3 is 2.50 bits per heavy atom. The number of aliphatic hydroxyl groups is 1. The van der Waals surface area contributed by atoms with Gasteiger partial charge in [0.2, 0.25) is 0 Å². The van der Waals surface area contributed by atoms with Gasteiger partial charge < -0.3 is 25.3 Å². The van der Waals surface area contributed by atoms with Gasteiger partial charge in [0.1, 0.15) is 0 Å². The number of carboxylic acid groups (broad SMARTS) is 1. The third kappa shape index (κ3) is 6.21. The molecule has 7 nitrogen and oxygen atoms in total. The molecule has 0 saturated carbocycles. The van der Waals surface area contributed by atoms with Crippen LogP contribution in [0.2, 0.25) is 0 Å². The SMILES string of the molecule is CN(CCN1CCCC1)C(=O)NCC(C)(O)CC(=O)O. The molecule has 116 valence electrons. The van der Waals surface area contributed by atoms with Crippen LogP contribution in [0.1, 0.15) is 26.2 Å². The number of rotatable bonds is 7. The molecule has 0 spiro atoms. The molecular weight excluding hydrogens is 262 g/mol. The fraction of sp³-hybridized carbons (Fsp3) is 0.846. The lowest BCUT2D eigenvalue weighted by molar-refractivity contribution is -0.141. The maximum atomic E-state index is 11.8. The van der Waals surface area contributed by atoms with Crippen molar-refractivity contribution in [3.05, 3.63) is 0 Å². The molecule has 1 aliphatic rings. The van der Waals surface area contributed by atoms with E-state index in [-0.39, 0.29) is 12.6 Å². The predicted octanol–water partition coefficient (Wildman–Crippen LogP) is -0.0507. The normalized spacial score (nSPS) is 18.6. The number of likely N-dealkylation sites (N-methyl/N-ethyl adjacent to an activating group) is 1. The zero-order valence-corrected chi connectivity index (χ0v) is 12.3. The molecule has 1 atom stereocenters. The van der Waals surface area contributed by atoms with Gasteiger partial charge in [0.25, 0.3) is 0 Å². The average molecular weight is 287 g/mol. The number of amides is 2. The van der Waals surface area contributed by atoms with Gasteiger partial charge in [-0.1, -0.05) is 0 Å². The Morgan fingerprint density at radius 1 is 1.35 bits per heavy atom. The van der Waals surface area contributed by atoms with E-state index in [9.17, 15) is 14.7 Å². The molecular formula is C13H25N3O4. The Balaban J connectivity index is 2.24. The molecule has 20 heavy (non-hydrogen) atoms. The third-order valence-corrected chi connectivity index (χ3v) is 3.45. The number of hydrogen-bond donors (Lipinski definition) is 3. The molecule has 7 heteroatoms. The Morgan fingerprint density at radius 2 is 1.95 bits per heavy atom. The van der Waals surface area contributed by atoms with Crippen molar-refractivity contribution in [2.75, 3.05) is 39.8 Å². The number of aliphatic carboxylic acids is 1. The Kier molecular flexibility index (Phi) is 6.22. The van der Waals surface area contributed by atoms with E-state index in [1.807, 2.05) is 0 Å². The van der Waals surface area contributed by atoms with Crippen LogP contribution in [0.25, 0.3) is 0 Å². The number of carbonyl (C=O) groups excluding carboxylic acids is 1. The molecule has 0 aromatic rings. The molecule has 0 bridgehead atoms. The molecule has 2 amide bonds. The predicted molar refractivity (Wildman–Crippen MR) is 74.6 cm³/mol. The second-order valence-corrected chi connectivity index (χ2v) is 5.70. The lowest BCUT2D eigenvalue weighted by Crippen LogP contribution is -2.47. The van der Waals surface area contributed by atoms with Crippen LogP contribution in [-0.2, 0) is 4.79 Å². The zero-order valence-electron chi connectivity index (χ0n) is 12.3. The van der Waals surface area contributed by atoms with Crippen molar-refractivity contribution in [1.82, 2.24) is 15.1 Å². The molecule has 1 rings (SSSR count). The number of hydrogen-bond acceptors (Lipinski definition) is 4. The monoisotopic (exact) mass is 287 g/mol. The van der Waals surface area contributed by atoms with E-state index in [2.05, 4.69) is 10.2 Å². The van der Waals surface area contributed by atoms with Crippen molar-refractivity contribution >= 4 is 12.0 Å². The molecule has 1 heterocycles. The van der Waals surface area contributed by atoms with Gasteiger partial charge in [-0.2, -0.15) is 0 Å². The number of likely N-dealkylation sites (tertiary alicyclic amines) is 1. The van der Waals surface area contributed by atoms with Crippen LogP contribution in [-0.4, -0.2) is 77.4 Å². The van der Waals surface area contributed by atoms with E-state index >= 15 is 0 Å². The average Bonchev–Trinajstić information content (AvgIpc) is 2.84. The number of urea groups is 1. The second-order valence-electron chi connectivity index (χ2n) is 5.70. The number of nitrogens with one attached hydrogen (secondary N) is 1.